The molecular formula is C50H33N3O2. The Bertz CT molecular complexity index is 2760. The highest BCUT2D eigenvalue weighted by Gasteiger charge is 2.47. The van der Waals surface area contributed by atoms with Crippen LogP contribution >= 0.6 is 0 Å². The zero-order valence-corrected chi connectivity index (χ0v) is 29.8. The Balaban J connectivity index is 1.09. The predicted molar refractivity (Wildman–Crippen MR) is 219 cm³/mol. The summed E-state index contributed by atoms with van der Waals surface area (Å²) in [5, 5.41) is 0. The molecular weight excluding hydrogens is 675 g/mol. The molecule has 0 amide bonds. The van der Waals surface area contributed by atoms with Gasteiger partial charge < -0.3 is 9.47 Å². The van der Waals surface area contributed by atoms with Gasteiger partial charge in [0, 0.05) is 22.3 Å². The average molecular weight is 708 g/mol. The number of benzene rings is 7. The zero-order valence-electron chi connectivity index (χ0n) is 29.8. The van der Waals surface area contributed by atoms with Crippen molar-refractivity contribution < 1.29 is 9.47 Å². The van der Waals surface area contributed by atoms with E-state index in [1.165, 1.54) is 22.3 Å². The largest absolute Gasteiger partial charge is 0.449 e. The summed E-state index contributed by atoms with van der Waals surface area (Å²) in [7, 11) is 0. The van der Waals surface area contributed by atoms with Gasteiger partial charge in [0.05, 0.1) is 5.41 Å². The Morgan fingerprint density at radius 2 is 1.05 bits per heavy atom. The molecule has 1 aliphatic carbocycles. The van der Waals surface area contributed by atoms with Crippen molar-refractivity contribution in [3.05, 3.63) is 217 Å². The Morgan fingerprint density at radius 3 is 1.78 bits per heavy atom. The highest BCUT2D eigenvalue weighted by atomic mass is 16.6. The summed E-state index contributed by atoms with van der Waals surface area (Å²) in [5.74, 6) is 4.22. The second kappa shape index (κ2) is 12.9. The van der Waals surface area contributed by atoms with Gasteiger partial charge in [0.2, 0.25) is 0 Å². The topological polar surface area (TPSA) is 57.1 Å². The second-order valence-electron chi connectivity index (χ2n) is 13.7. The quantitative estimate of drug-likeness (QED) is 0.154. The molecule has 0 unspecified atom stereocenters. The number of allylic oxidation sites excluding steroid dienone is 2. The van der Waals surface area contributed by atoms with Gasteiger partial charge >= 0.3 is 0 Å². The molecule has 0 saturated heterocycles. The molecule has 0 N–H and O–H groups in total. The maximum atomic E-state index is 6.88. The lowest BCUT2D eigenvalue weighted by atomic mass is 9.67. The van der Waals surface area contributed by atoms with Crippen molar-refractivity contribution in [2.24, 2.45) is 0 Å². The minimum atomic E-state index is -0.539. The number of para-hydroxylation sites is 1. The van der Waals surface area contributed by atoms with Crippen LogP contribution in [0.15, 0.2) is 189 Å². The fraction of sp³-hybridized carbons (Fsp3) is 0.0200. The Hall–Kier alpha value is -7.37. The summed E-state index contributed by atoms with van der Waals surface area (Å²) in [6.07, 6.45) is 1.66. The van der Waals surface area contributed by atoms with Crippen LogP contribution in [0.3, 0.4) is 0 Å². The third-order valence-electron chi connectivity index (χ3n) is 10.6. The molecule has 1 aliphatic heterocycles. The minimum Gasteiger partial charge on any atom is -0.449 e. The molecule has 0 spiro atoms. The lowest BCUT2D eigenvalue weighted by Crippen LogP contribution is -2.28. The molecule has 0 fully saturated rings. The van der Waals surface area contributed by atoms with Gasteiger partial charge in [-0.2, -0.15) is 0 Å². The van der Waals surface area contributed by atoms with Crippen LogP contribution in [-0.4, -0.2) is 15.0 Å². The molecule has 1 aromatic heterocycles. The van der Waals surface area contributed by atoms with E-state index in [9.17, 15) is 0 Å². The monoisotopic (exact) mass is 707 g/mol. The molecule has 5 heteroatoms. The van der Waals surface area contributed by atoms with Crippen molar-refractivity contribution in [1.29, 1.82) is 0 Å². The SMILES string of the molecule is C=CC(=C)c1nc(-c2ccccc2)nc(-c2cccc(-c3cccc4c3Oc3cc5c(cc3O4)C(c3ccccc3)(c3ccccc3)c3ccccc3-5)c2)n1. The Labute approximate surface area is 319 Å². The normalized spacial score (nSPS) is 12.9. The van der Waals surface area contributed by atoms with Gasteiger partial charge in [-0.1, -0.05) is 165 Å². The molecule has 0 atom stereocenters. The highest BCUT2D eigenvalue weighted by Crippen LogP contribution is 2.60. The Kier molecular flexibility index (Phi) is 7.60. The lowest BCUT2D eigenvalue weighted by molar-refractivity contribution is 0.360. The summed E-state index contributed by atoms with van der Waals surface area (Å²) in [6, 6.07) is 58.6. The fourth-order valence-corrected chi connectivity index (χ4v) is 8.05. The summed E-state index contributed by atoms with van der Waals surface area (Å²) in [6.45, 7) is 8.01. The predicted octanol–water partition coefficient (Wildman–Crippen LogP) is 12.3. The number of fused-ring (bicyclic) bond motifs is 5. The van der Waals surface area contributed by atoms with Crippen LogP contribution in [0.1, 0.15) is 28.1 Å². The van der Waals surface area contributed by atoms with E-state index in [1.807, 2.05) is 54.6 Å². The number of rotatable bonds is 7. The third kappa shape index (κ3) is 5.20. The molecule has 0 bridgehead atoms. The third-order valence-corrected chi connectivity index (χ3v) is 10.6. The van der Waals surface area contributed by atoms with Gasteiger partial charge in [-0.25, -0.2) is 15.0 Å². The van der Waals surface area contributed by atoms with E-state index in [4.69, 9.17) is 24.4 Å². The van der Waals surface area contributed by atoms with Crippen LogP contribution in [0.4, 0.5) is 0 Å². The van der Waals surface area contributed by atoms with Crippen LogP contribution < -0.4 is 9.47 Å². The van der Waals surface area contributed by atoms with Gasteiger partial charge in [0.25, 0.3) is 0 Å². The molecule has 260 valence electrons. The van der Waals surface area contributed by atoms with Crippen molar-refractivity contribution in [2.75, 3.05) is 0 Å². The molecule has 8 aromatic rings. The zero-order chi connectivity index (χ0) is 36.9. The summed E-state index contributed by atoms with van der Waals surface area (Å²) in [4.78, 5) is 14.4. The van der Waals surface area contributed by atoms with E-state index in [0.29, 0.717) is 46.0 Å². The van der Waals surface area contributed by atoms with E-state index in [1.54, 1.807) is 6.08 Å². The second-order valence-corrected chi connectivity index (χ2v) is 13.7. The van der Waals surface area contributed by atoms with Gasteiger partial charge in [-0.3, -0.25) is 0 Å². The maximum absolute atomic E-state index is 6.88. The molecule has 7 aromatic carbocycles. The van der Waals surface area contributed by atoms with Crippen molar-refractivity contribution >= 4 is 5.57 Å². The van der Waals surface area contributed by atoms with Crippen LogP contribution in [0.25, 0.3) is 50.6 Å². The number of hydrogen-bond donors (Lipinski definition) is 0. The number of hydrogen-bond acceptors (Lipinski definition) is 5. The van der Waals surface area contributed by atoms with Gasteiger partial charge in [-0.15, -0.1) is 0 Å². The van der Waals surface area contributed by atoms with Crippen LogP contribution in [0.2, 0.25) is 0 Å². The maximum Gasteiger partial charge on any atom is 0.177 e. The van der Waals surface area contributed by atoms with Crippen molar-refractivity contribution in [2.45, 2.75) is 5.41 Å². The van der Waals surface area contributed by atoms with Crippen molar-refractivity contribution in [3.8, 4) is 68.0 Å². The number of nitrogens with zero attached hydrogens (tertiary/aromatic N) is 3. The van der Waals surface area contributed by atoms with Crippen LogP contribution in [0, 0.1) is 0 Å². The fourth-order valence-electron chi connectivity index (χ4n) is 8.05. The first kappa shape index (κ1) is 32.3. The van der Waals surface area contributed by atoms with Gasteiger partial charge in [-0.05, 0) is 63.2 Å². The lowest BCUT2D eigenvalue weighted by Gasteiger charge is -2.34. The van der Waals surface area contributed by atoms with E-state index < -0.39 is 5.41 Å². The first-order valence-electron chi connectivity index (χ1n) is 18.2. The van der Waals surface area contributed by atoms with E-state index >= 15 is 0 Å². The summed E-state index contributed by atoms with van der Waals surface area (Å²) < 4.78 is 13.7. The molecule has 5 nitrogen and oxygen atoms in total. The first-order valence-corrected chi connectivity index (χ1v) is 18.2. The number of ether oxygens (including phenoxy) is 2. The van der Waals surface area contributed by atoms with Crippen LogP contribution in [-0.2, 0) is 5.41 Å². The highest BCUT2D eigenvalue weighted by molar-refractivity contribution is 5.89. The standard InChI is InChI=1S/C50H33N3O2/c1-3-32(2)47-51-48(33-17-7-4-8-18-33)53-49(52-47)35-20-15-19-34(29-35)38-26-16-28-43-46(38)55-44-30-40-39-25-13-14-27-41(39)50(36-21-9-5-10-22-36,37-23-11-6-12-24-37)42(40)31-45(44)54-43/h3-31H,1-2H2. The van der Waals surface area contributed by atoms with Gasteiger partial charge in [0.1, 0.15) is 0 Å². The molecule has 0 radical (unpaired) electrons. The average Bonchev–Trinajstić information content (AvgIpc) is 3.55. The summed E-state index contributed by atoms with van der Waals surface area (Å²) >= 11 is 0. The van der Waals surface area contributed by atoms with E-state index in [2.05, 4.69) is 128 Å². The molecule has 2 aliphatic rings. The Morgan fingerprint density at radius 1 is 0.473 bits per heavy atom. The molecule has 55 heavy (non-hydrogen) atoms. The van der Waals surface area contributed by atoms with E-state index in [-0.39, 0.29) is 0 Å². The summed E-state index contributed by atoms with van der Waals surface area (Å²) in [5.41, 5.74) is 10.7. The first-order chi connectivity index (χ1) is 27.1. The molecule has 0 saturated carbocycles. The smallest absolute Gasteiger partial charge is 0.177 e. The molecule has 2 heterocycles. The molecule has 10 rings (SSSR count). The van der Waals surface area contributed by atoms with Crippen molar-refractivity contribution in [1.82, 2.24) is 15.0 Å². The van der Waals surface area contributed by atoms with Crippen LogP contribution in [0.5, 0.6) is 23.0 Å². The number of aromatic nitrogens is 3. The minimum absolute atomic E-state index is 0.479. The van der Waals surface area contributed by atoms with Crippen molar-refractivity contribution in [3.63, 3.8) is 0 Å². The van der Waals surface area contributed by atoms with E-state index in [0.717, 1.165) is 33.4 Å². The van der Waals surface area contributed by atoms with Gasteiger partial charge in [0.15, 0.2) is 40.5 Å².